The smallest absolute Gasteiger partial charge is 0.321 e. The van der Waals surface area contributed by atoms with Crippen molar-refractivity contribution in [2.24, 2.45) is 17.8 Å². The standard InChI is InChI=1S/C10H10O3/c1-2-6-4-3-5-7-8(6)10(12)13-9(7)11/h2-3,5-8H,1,4H2. The van der Waals surface area contributed by atoms with E-state index < -0.39 is 11.9 Å². The second-order valence-electron chi connectivity index (χ2n) is 3.36. The Balaban J connectivity index is 2.35. The molecule has 1 aliphatic heterocycles. The quantitative estimate of drug-likeness (QED) is 0.342. The number of carbonyl (C=O) groups excluding carboxylic acids is 2. The van der Waals surface area contributed by atoms with Crippen molar-refractivity contribution in [3.8, 4) is 0 Å². The number of fused-ring (bicyclic) bond motifs is 1. The van der Waals surface area contributed by atoms with Crippen LogP contribution in [0, 0.1) is 17.8 Å². The molecule has 0 aromatic rings. The maximum atomic E-state index is 11.3. The maximum Gasteiger partial charge on any atom is 0.321 e. The predicted octanol–water partition coefficient (Wildman–Crippen LogP) is 1.06. The Bertz CT molecular complexity index is 303. The number of hydrogen-bond donors (Lipinski definition) is 0. The Labute approximate surface area is 76.1 Å². The summed E-state index contributed by atoms with van der Waals surface area (Å²) in [6.45, 7) is 3.65. The molecule has 3 nitrogen and oxygen atoms in total. The van der Waals surface area contributed by atoms with Crippen molar-refractivity contribution in [3.05, 3.63) is 24.8 Å². The molecular formula is C10H10O3. The molecule has 0 radical (unpaired) electrons. The van der Waals surface area contributed by atoms with Crippen molar-refractivity contribution in [1.82, 2.24) is 0 Å². The lowest BCUT2D eigenvalue weighted by Gasteiger charge is -2.21. The van der Waals surface area contributed by atoms with Gasteiger partial charge in [0, 0.05) is 0 Å². The maximum absolute atomic E-state index is 11.3. The Morgan fingerprint density at radius 1 is 1.46 bits per heavy atom. The molecule has 13 heavy (non-hydrogen) atoms. The van der Waals surface area contributed by atoms with Crippen LogP contribution in [0.5, 0.6) is 0 Å². The average molecular weight is 178 g/mol. The fraction of sp³-hybridized carbons (Fsp3) is 0.400. The summed E-state index contributed by atoms with van der Waals surface area (Å²) in [6.07, 6.45) is 6.17. The third-order valence-corrected chi connectivity index (χ3v) is 2.65. The van der Waals surface area contributed by atoms with E-state index in [0.717, 1.165) is 6.42 Å². The number of hydrogen-bond acceptors (Lipinski definition) is 3. The summed E-state index contributed by atoms with van der Waals surface area (Å²) < 4.78 is 4.56. The van der Waals surface area contributed by atoms with E-state index in [1.54, 1.807) is 12.2 Å². The molecule has 1 fully saturated rings. The molecule has 68 valence electrons. The molecule has 0 aromatic heterocycles. The first-order chi connectivity index (χ1) is 6.24. The fourth-order valence-corrected chi connectivity index (χ4v) is 1.94. The van der Waals surface area contributed by atoms with Crippen LogP contribution in [0.2, 0.25) is 0 Å². The van der Waals surface area contributed by atoms with Crippen LogP contribution < -0.4 is 0 Å². The lowest BCUT2D eigenvalue weighted by Crippen LogP contribution is -2.26. The number of ether oxygens (including phenoxy) is 1. The third-order valence-electron chi connectivity index (χ3n) is 2.65. The SMILES string of the molecule is C=CC1CC=CC2C(=O)OC(=O)C12. The van der Waals surface area contributed by atoms with E-state index in [2.05, 4.69) is 11.3 Å². The molecule has 0 spiro atoms. The summed E-state index contributed by atoms with van der Waals surface area (Å²) >= 11 is 0. The number of carbonyl (C=O) groups is 2. The topological polar surface area (TPSA) is 43.4 Å². The molecule has 3 atom stereocenters. The van der Waals surface area contributed by atoms with Crippen LogP contribution in [0.25, 0.3) is 0 Å². The van der Waals surface area contributed by atoms with Crippen molar-refractivity contribution < 1.29 is 14.3 Å². The van der Waals surface area contributed by atoms with Crippen molar-refractivity contribution in [2.45, 2.75) is 6.42 Å². The first kappa shape index (κ1) is 8.23. The molecule has 0 amide bonds. The highest BCUT2D eigenvalue weighted by molar-refractivity contribution is 5.98. The van der Waals surface area contributed by atoms with Gasteiger partial charge in [0.05, 0.1) is 11.8 Å². The van der Waals surface area contributed by atoms with Gasteiger partial charge in [-0.3, -0.25) is 9.59 Å². The summed E-state index contributed by atoms with van der Waals surface area (Å²) in [7, 11) is 0. The van der Waals surface area contributed by atoms with E-state index in [1.807, 2.05) is 6.08 Å². The van der Waals surface area contributed by atoms with Gasteiger partial charge in [-0.1, -0.05) is 18.2 Å². The fourth-order valence-electron chi connectivity index (χ4n) is 1.94. The summed E-state index contributed by atoms with van der Waals surface area (Å²) in [5.74, 6) is -1.46. The molecule has 3 heteroatoms. The number of allylic oxidation sites excluding steroid dienone is 2. The lowest BCUT2D eigenvalue weighted by atomic mass is 9.77. The highest BCUT2D eigenvalue weighted by Gasteiger charge is 2.47. The molecule has 3 unspecified atom stereocenters. The van der Waals surface area contributed by atoms with Crippen LogP contribution >= 0.6 is 0 Å². The monoisotopic (exact) mass is 178 g/mol. The van der Waals surface area contributed by atoms with Gasteiger partial charge in [-0.2, -0.15) is 0 Å². The van der Waals surface area contributed by atoms with Crippen LogP contribution in [0.1, 0.15) is 6.42 Å². The Hall–Kier alpha value is -1.38. The molecule has 1 aliphatic carbocycles. The van der Waals surface area contributed by atoms with E-state index in [0.29, 0.717) is 0 Å². The van der Waals surface area contributed by atoms with E-state index >= 15 is 0 Å². The number of esters is 2. The van der Waals surface area contributed by atoms with Crippen LogP contribution in [-0.4, -0.2) is 11.9 Å². The zero-order chi connectivity index (χ0) is 9.42. The van der Waals surface area contributed by atoms with Crippen molar-refractivity contribution in [2.75, 3.05) is 0 Å². The molecule has 0 N–H and O–H groups in total. The van der Waals surface area contributed by atoms with Crippen molar-refractivity contribution >= 4 is 11.9 Å². The largest absolute Gasteiger partial charge is 0.392 e. The van der Waals surface area contributed by atoms with E-state index in [-0.39, 0.29) is 17.8 Å². The molecule has 2 rings (SSSR count). The number of cyclic esters (lactones) is 2. The highest BCUT2D eigenvalue weighted by atomic mass is 16.6. The minimum Gasteiger partial charge on any atom is -0.392 e. The van der Waals surface area contributed by atoms with Gasteiger partial charge in [0.25, 0.3) is 0 Å². The van der Waals surface area contributed by atoms with Crippen LogP contribution in [0.4, 0.5) is 0 Å². The first-order valence-corrected chi connectivity index (χ1v) is 4.29. The molecule has 1 saturated heterocycles. The molecular weight excluding hydrogens is 168 g/mol. The molecule has 0 aromatic carbocycles. The van der Waals surface area contributed by atoms with Gasteiger partial charge in [0.1, 0.15) is 0 Å². The Morgan fingerprint density at radius 2 is 2.23 bits per heavy atom. The van der Waals surface area contributed by atoms with E-state index in [1.165, 1.54) is 0 Å². The lowest BCUT2D eigenvalue weighted by molar-refractivity contribution is -0.153. The molecule has 2 aliphatic rings. The second-order valence-corrected chi connectivity index (χ2v) is 3.36. The predicted molar refractivity (Wildman–Crippen MR) is 45.5 cm³/mol. The van der Waals surface area contributed by atoms with Gasteiger partial charge >= 0.3 is 11.9 Å². The highest BCUT2D eigenvalue weighted by Crippen LogP contribution is 2.37. The van der Waals surface area contributed by atoms with Crippen molar-refractivity contribution in [1.29, 1.82) is 0 Å². The van der Waals surface area contributed by atoms with Gasteiger partial charge in [-0.25, -0.2) is 0 Å². The average Bonchev–Trinajstić information content (AvgIpc) is 2.43. The summed E-state index contributed by atoms with van der Waals surface area (Å²) in [4.78, 5) is 22.4. The molecule has 0 bridgehead atoms. The van der Waals surface area contributed by atoms with Gasteiger partial charge in [-0.05, 0) is 12.3 Å². The minimum absolute atomic E-state index is 0.0500. The van der Waals surface area contributed by atoms with Crippen LogP contribution in [0.15, 0.2) is 24.8 Å². The summed E-state index contributed by atoms with van der Waals surface area (Å²) in [5.41, 5.74) is 0. The van der Waals surface area contributed by atoms with Gasteiger partial charge in [0.2, 0.25) is 0 Å². The minimum atomic E-state index is -0.419. The zero-order valence-electron chi connectivity index (χ0n) is 7.10. The molecule has 0 saturated carbocycles. The van der Waals surface area contributed by atoms with Crippen LogP contribution in [-0.2, 0) is 14.3 Å². The zero-order valence-corrected chi connectivity index (χ0v) is 7.10. The number of rotatable bonds is 1. The Morgan fingerprint density at radius 3 is 2.92 bits per heavy atom. The van der Waals surface area contributed by atoms with Crippen LogP contribution in [0.3, 0.4) is 0 Å². The second kappa shape index (κ2) is 2.83. The van der Waals surface area contributed by atoms with Gasteiger partial charge in [-0.15, -0.1) is 6.58 Å². The van der Waals surface area contributed by atoms with E-state index in [9.17, 15) is 9.59 Å². The van der Waals surface area contributed by atoms with Gasteiger partial charge < -0.3 is 4.74 Å². The summed E-state index contributed by atoms with van der Waals surface area (Å²) in [6, 6.07) is 0. The molecule has 1 heterocycles. The third kappa shape index (κ3) is 1.11. The van der Waals surface area contributed by atoms with E-state index in [4.69, 9.17) is 0 Å². The van der Waals surface area contributed by atoms with Crippen molar-refractivity contribution in [3.63, 3.8) is 0 Å². The first-order valence-electron chi connectivity index (χ1n) is 4.29. The summed E-state index contributed by atoms with van der Waals surface area (Å²) in [5, 5.41) is 0. The Kier molecular flexibility index (Phi) is 1.79. The van der Waals surface area contributed by atoms with Gasteiger partial charge in [0.15, 0.2) is 0 Å². The normalized spacial score (nSPS) is 37.1.